The minimum absolute atomic E-state index is 0.0364. The van der Waals surface area contributed by atoms with E-state index in [1.54, 1.807) is 12.1 Å². The Morgan fingerprint density at radius 2 is 2.11 bits per heavy atom. The van der Waals surface area contributed by atoms with E-state index in [0.717, 1.165) is 5.56 Å². The predicted molar refractivity (Wildman–Crippen MR) is 71.6 cm³/mol. The van der Waals surface area contributed by atoms with Gasteiger partial charge >= 0.3 is 0 Å². The van der Waals surface area contributed by atoms with E-state index in [-0.39, 0.29) is 27.9 Å². The lowest BCUT2D eigenvalue weighted by Crippen LogP contribution is -2.07. The number of benzene rings is 1. The SMILES string of the molecule is Cc1ccc2oc3cc(C#N)c(N)nc3c(=O)c2c1. The highest BCUT2D eigenvalue weighted by atomic mass is 16.3. The molecule has 0 amide bonds. The molecular weight excluding hydrogens is 242 g/mol. The van der Waals surface area contributed by atoms with E-state index < -0.39 is 0 Å². The number of aryl methyl sites for hydroxylation is 1. The summed E-state index contributed by atoms with van der Waals surface area (Å²) in [5.74, 6) is 0.0364. The Kier molecular flexibility index (Phi) is 2.26. The molecule has 0 aliphatic rings. The zero-order chi connectivity index (χ0) is 13.6. The second-order valence-corrected chi connectivity index (χ2v) is 4.31. The van der Waals surface area contributed by atoms with Crippen LogP contribution in [0.25, 0.3) is 22.1 Å². The molecule has 92 valence electrons. The van der Waals surface area contributed by atoms with Crippen LogP contribution in [0.4, 0.5) is 5.82 Å². The maximum Gasteiger partial charge on any atom is 0.219 e. The van der Waals surface area contributed by atoms with Crippen molar-refractivity contribution in [1.82, 2.24) is 4.98 Å². The van der Waals surface area contributed by atoms with Gasteiger partial charge in [-0.3, -0.25) is 4.79 Å². The van der Waals surface area contributed by atoms with Crippen molar-refractivity contribution in [3.8, 4) is 6.07 Å². The van der Waals surface area contributed by atoms with Gasteiger partial charge in [0, 0.05) is 6.07 Å². The number of nitrogen functional groups attached to an aromatic ring is 1. The molecule has 19 heavy (non-hydrogen) atoms. The van der Waals surface area contributed by atoms with Crippen LogP contribution < -0.4 is 11.2 Å². The highest BCUT2D eigenvalue weighted by molar-refractivity contribution is 5.89. The van der Waals surface area contributed by atoms with Crippen molar-refractivity contribution in [2.45, 2.75) is 6.92 Å². The fourth-order valence-corrected chi connectivity index (χ4v) is 2.00. The maximum atomic E-state index is 12.3. The average Bonchev–Trinajstić information content (AvgIpc) is 2.40. The van der Waals surface area contributed by atoms with Gasteiger partial charge in [0.15, 0.2) is 11.1 Å². The van der Waals surface area contributed by atoms with Crippen molar-refractivity contribution in [3.05, 3.63) is 45.6 Å². The van der Waals surface area contributed by atoms with Crippen molar-refractivity contribution in [2.75, 3.05) is 5.73 Å². The normalized spacial score (nSPS) is 10.7. The summed E-state index contributed by atoms with van der Waals surface area (Å²) in [7, 11) is 0. The van der Waals surface area contributed by atoms with Gasteiger partial charge < -0.3 is 10.2 Å². The molecule has 2 aromatic heterocycles. The van der Waals surface area contributed by atoms with Crippen molar-refractivity contribution in [3.63, 3.8) is 0 Å². The third-order valence-corrected chi connectivity index (χ3v) is 2.95. The highest BCUT2D eigenvalue weighted by Crippen LogP contribution is 2.21. The van der Waals surface area contributed by atoms with Crippen molar-refractivity contribution in [2.24, 2.45) is 0 Å². The lowest BCUT2D eigenvalue weighted by Gasteiger charge is -2.03. The van der Waals surface area contributed by atoms with Gasteiger partial charge in [-0.25, -0.2) is 4.98 Å². The maximum absolute atomic E-state index is 12.3. The van der Waals surface area contributed by atoms with Gasteiger partial charge in [0.25, 0.3) is 0 Å². The van der Waals surface area contributed by atoms with Crippen LogP contribution in [-0.2, 0) is 0 Å². The van der Waals surface area contributed by atoms with Gasteiger partial charge in [-0.15, -0.1) is 0 Å². The lowest BCUT2D eigenvalue weighted by atomic mass is 10.1. The third-order valence-electron chi connectivity index (χ3n) is 2.95. The molecule has 0 atom stereocenters. The molecule has 0 spiro atoms. The number of rotatable bonds is 0. The first kappa shape index (κ1) is 11.2. The first-order valence-corrected chi connectivity index (χ1v) is 5.64. The van der Waals surface area contributed by atoms with Gasteiger partial charge in [-0.2, -0.15) is 5.26 Å². The van der Waals surface area contributed by atoms with Gasteiger partial charge in [-0.1, -0.05) is 11.6 Å². The van der Waals surface area contributed by atoms with Crippen LogP contribution in [0.5, 0.6) is 0 Å². The molecule has 1 aromatic carbocycles. The monoisotopic (exact) mass is 251 g/mol. The summed E-state index contributed by atoms with van der Waals surface area (Å²) >= 11 is 0. The molecule has 0 aliphatic carbocycles. The van der Waals surface area contributed by atoms with Crippen molar-refractivity contribution < 1.29 is 4.42 Å². The van der Waals surface area contributed by atoms with Crippen molar-refractivity contribution in [1.29, 1.82) is 5.26 Å². The number of anilines is 1. The van der Waals surface area contributed by atoms with Crippen LogP contribution in [-0.4, -0.2) is 4.98 Å². The summed E-state index contributed by atoms with van der Waals surface area (Å²) in [6, 6.07) is 8.69. The van der Waals surface area contributed by atoms with E-state index in [4.69, 9.17) is 15.4 Å². The second kappa shape index (κ2) is 3.82. The molecule has 2 heterocycles. The first-order valence-electron chi connectivity index (χ1n) is 5.64. The van der Waals surface area contributed by atoms with Crippen LogP contribution in [0.3, 0.4) is 0 Å². The number of nitrogens with two attached hydrogens (primary N) is 1. The summed E-state index contributed by atoms with van der Waals surface area (Å²) in [6.45, 7) is 1.89. The number of hydrogen-bond acceptors (Lipinski definition) is 5. The molecule has 0 radical (unpaired) electrons. The molecular formula is C14H9N3O2. The molecule has 0 bridgehead atoms. The van der Waals surface area contributed by atoms with E-state index in [1.165, 1.54) is 6.07 Å². The zero-order valence-corrected chi connectivity index (χ0v) is 10.1. The number of nitriles is 1. The molecule has 0 saturated carbocycles. The summed E-state index contributed by atoms with van der Waals surface area (Å²) in [4.78, 5) is 16.3. The van der Waals surface area contributed by atoms with Gasteiger partial charge in [0.05, 0.1) is 10.9 Å². The molecule has 3 rings (SSSR count). The van der Waals surface area contributed by atoms with E-state index in [9.17, 15) is 4.79 Å². The Labute approximate surface area is 107 Å². The highest BCUT2D eigenvalue weighted by Gasteiger charge is 2.12. The van der Waals surface area contributed by atoms with Gasteiger partial charge in [0.1, 0.15) is 17.5 Å². The summed E-state index contributed by atoms with van der Waals surface area (Å²) in [6.07, 6.45) is 0. The van der Waals surface area contributed by atoms with Crippen LogP contribution >= 0.6 is 0 Å². The Morgan fingerprint density at radius 3 is 2.84 bits per heavy atom. The summed E-state index contributed by atoms with van der Waals surface area (Å²) in [5, 5.41) is 9.37. The third kappa shape index (κ3) is 1.62. The molecule has 5 nitrogen and oxygen atoms in total. The number of pyridine rings is 1. The minimum Gasteiger partial charge on any atom is -0.454 e. The molecule has 5 heteroatoms. The van der Waals surface area contributed by atoms with E-state index in [0.29, 0.717) is 11.0 Å². The topological polar surface area (TPSA) is 92.9 Å². The largest absolute Gasteiger partial charge is 0.454 e. The Balaban J connectivity index is 2.55. The Hall–Kier alpha value is -2.87. The Morgan fingerprint density at radius 1 is 1.32 bits per heavy atom. The van der Waals surface area contributed by atoms with Crippen molar-refractivity contribution >= 4 is 27.9 Å². The van der Waals surface area contributed by atoms with Crippen LogP contribution in [0, 0.1) is 18.3 Å². The number of hydrogen-bond donors (Lipinski definition) is 1. The molecule has 0 fully saturated rings. The van der Waals surface area contributed by atoms with Crippen LogP contribution in [0.2, 0.25) is 0 Å². The average molecular weight is 251 g/mol. The molecule has 3 aromatic rings. The standard InChI is InChI=1S/C14H9N3O2/c1-7-2-3-10-9(4-7)13(18)12-11(19-10)5-8(6-15)14(16)17-12/h2-5H,1H3,(H2,16,17). The van der Waals surface area contributed by atoms with E-state index >= 15 is 0 Å². The van der Waals surface area contributed by atoms with Crippen LogP contribution in [0.15, 0.2) is 33.5 Å². The fraction of sp³-hybridized carbons (Fsp3) is 0.0714. The molecule has 0 aliphatic heterocycles. The molecule has 0 unspecified atom stereocenters. The number of nitrogens with zero attached hydrogens (tertiary/aromatic N) is 2. The van der Waals surface area contributed by atoms with Gasteiger partial charge in [0.2, 0.25) is 5.43 Å². The van der Waals surface area contributed by atoms with Crippen LogP contribution in [0.1, 0.15) is 11.1 Å². The number of fused-ring (bicyclic) bond motifs is 2. The smallest absolute Gasteiger partial charge is 0.219 e. The van der Waals surface area contributed by atoms with E-state index in [1.807, 2.05) is 19.1 Å². The second-order valence-electron chi connectivity index (χ2n) is 4.31. The van der Waals surface area contributed by atoms with Gasteiger partial charge in [-0.05, 0) is 19.1 Å². The summed E-state index contributed by atoms with van der Waals surface area (Å²) in [5.41, 5.74) is 7.43. The summed E-state index contributed by atoms with van der Waals surface area (Å²) < 4.78 is 5.61. The molecule has 0 saturated heterocycles. The number of aromatic nitrogens is 1. The minimum atomic E-state index is -0.240. The fourth-order valence-electron chi connectivity index (χ4n) is 2.00. The Bertz CT molecular complexity index is 920. The predicted octanol–water partition coefficient (Wildman–Crippen LogP) is 2.10. The first-order chi connectivity index (χ1) is 9.10. The zero-order valence-electron chi connectivity index (χ0n) is 10.1. The lowest BCUT2D eigenvalue weighted by molar-refractivity contribution is 0.658. The van der Waals surface area contributed by atoms with E-state index in [2.05, 4.69) is 4.98 Å². The quantitative estimate of drug-likeness (QED) is 0.617. The molecule has 2 N–H and O–H groups in total.